The van der Waals surface area contributed by atoms with E-state index < -0.39 is 0 Å². The van der Waals surface area contributed by atoms with E-state index in [-0.39, 0.29) is 5.84 Å². The number of nitrogens with one attached hydrogen (secondary N) is 1. The van der Waals surface area contributed by atoms with Crippen molar-refractivity contribution in [3.8, 4) is 0 Å². The smallest absolute Gasteiger partial charge is 0.170 e. The van der Waals surface area contributed by atoms with Crippen LogP contribution in [0.1, 0.15) is 27.4 Å². The van der Waals surface area contributed by atoms with Crippen molar-refractivity contribution in [3.63, 3.8) is 0 Å². The SMILES string of the molecule is Cc1csc(CNCc2ccc(/C(N)=N/O)cc2C)n1. The summed E-state index contributed by atoms with van der Waals surface area (Å²) in [5, 5.41) is 18.2. The van der Waals surface area contributed by atoms with Crippen LogP contribution in [0.4, 0.5) is 0 Å². The lowest BCUT2D eigenvalue weighted by Gasteiger charge is -2.08. The van der Waals surface area contributed by atoms with Gasteiger partial charge in [0.05, 0.1) is 0 Å². The van der Waals surface area contributed by atoms with Crippen molar-refractivity contribution in [2.75, 3.05) is 0 Å². The highest BCUT2D eigenvalue weighted by Gasteiger charge is 2.04. The molecule has 2 aromatic rings. The first kappa shape index (κ1) is 14.5. The number of amidine groups is 1. The minimum atomic E-state index is 0.130. The maximum Gasteiger partial charge on any atom is 0.170 e. The lowest BCUT2D eigenvalue weighted by atomic mass is 10.0. The van der Waals surface area contributed by atoms with E-state index >= 15 is 0 Å². The molecule has 0 bridgehead atoms. The molecule has 6 heteroatoms. The van der Waals surface area contributed by atoms with E-state index in [2.05, 4.69) is 15.5 Å². The second-order valence-corrected chi connectivity index (χ2v) is 5.56. The summed E-state index contributed by atoms with van der Waals surface area (Å²) in [5.41, 5.74) is 9.65. The van der Waals surface area contributed by atoms with Gasteiger partial charge in [-0.3, -0.25) is 0 Å². The van der Waals surface area contributed by atoms with E-state index in [1.165, 1.54) is 5.56 Å². The fourth-order valence-electron chi connectivity index (χ4n) is 1.90. The largest absolute Gasteiger partial charge is 0.409 e. The summed E-state index contributed by atoms with van der Waals surface area (Å²) in [6, 6.07) is 5.76. The first-order valence-corrected chi connectivity index (χ1v) is 7.17. The van der Waals surface area contributed by atoms with Crippen LogP contribution in [0.3, 0.4) is 0 Å². The summed E-state index contributed by atoms with van der Waals surface area (Å²) in [6.07, 6.45) is 0. The van der Waals surface area contributed by atoms with Gasteiger partial charge in [0.25, 0.3) is 0 Å². The van der Waals surface area contributed by atoms with E-state index in [1.807, 2.05) is 37.4 Å². The van der Waals surface area contributed by atoms with Gasteiger partial charge < -0.3 is 16.3 Å². The average Bonchev–Trinajstić information content (AvgIpc) is 2.85. The molecule has 0 aliphatic carbocycles. The third-order valence-corrected chi connectivity index (χ3v) is 3.97. The Morgan fingerprint density at radius 1 is 1.40 bits per heavy atom. The Hall–Kier alpha value is -1.92. The molecule has 1 aromatic carbocycles. The van der Waals surface area contributed by atoms with E-state index in [9.17, 15) is 0 Å². The number of rotatable bonds is 5. The Morgan fingerprint density at radius 3 is 2.80 bits per heavy atom. The molecule has 0 amide bonds. The summed E-state index contributed by atoms with van der Waals surface area (Å²) in [5.74, 6) is 0.130. The minimum Gasteiger partial charge on any atom is -0.409 e. The van der Waals surface area contributed by atoms with Crippen molar-refractivity contribution in [1.29, 1.82) is 0 Å². The number of benzene rings is 1. The normalized spacial score (nSPS) is 11.8. The zero-order valence-corrected chi connectivity index (χ0v) is 12.4. The second kappa shape index (κ2) is 6.49. The number of nitrogens with zero attached hydrogens (tertiary/aromatic N) is 2. The van der Waals surface area contributed by atoms with Crippen molar-refractivity contribution in [1.82, 2.24) is 10.3 Å². The van der Waals surface area contributed by atoms with Crippen LogP contribution in [0, 0.1) is 13.8 Å². The van der Waals surface area contributed by atoms with Gasteiger partial charge in [0, 0.05) is 29.7 Å². The molecule has 20 heavy (non-hydrogen) atoms. The van der Waals surface area contributed by atoms with Crippen LogP contribution >= 0.6 is 11.3 Å². The number of hydrogen-bond donors (Lipinski definition) is 3. The van der Waals surface area contributed by atoms with Gasteiger partial charge in [-0.05, 0) is 31.0 Å². The van der Waals surface area contributed by atoms with Gasteiger partial charge >= 0.3 is 0 Å². The van der Waals surface area contributed by atoms with Crippen molar-refractivity contribution in [2.24, 2.45) is 10.9 Å². The molecular weight excluding hydrogens is 272 g/mol. The van der Waals surface area contributed by atoms with Crippen molar-refractivity contribution < 1.29 is 5.21 Å². The second-order valence-electron chi connectivity index (χ2n) is 4.61. The number of thiazole rings is 1. The molecule has 0 aliphatic rings. The lowest BCUT2D eigenvalue weighted by molar-refractivity contribution is 0.318. The van der Waals surface area contributed by atoms with Gasteiger partial charge in [-0.25, -0.2) is 4.98 Å². The third-order valence-electron chi connectivity index (χ3n) is 3.00. The monoisotopic (exact) mass is 290 g/mol. The van der Waals surface area contributed by atoms with Crippen molar-refractivity contribution in [2.45, 2.75) is 26.9 Å². The summed E-state index contributed by atoms with van der Waals surface area (Å²) in [7, 11) is 0. The van der Waals surface area contributed by atoms with Crippen LogP contribution in [0.5, 0.6) is 0 Å². The lowest BCUT2D eigenvalue weighted by Crippen LogP contribution is -2.16. The Balaban J connectivity index is 1.96. The van der Waals surface area contributed by atoms with Crippen LogP contribution < -0.4 is 11.1 Å². The number of hydrogen-bond acceptors (Lipinski definition) is 5. The number of aromatic nitrogens is 1. The van der Waals surface area contributed by atoms with Crippen LogP contribution in [-0.2, 0) is 13.1 Å². The van der Waals surface area contributed by atoms with E-state index in [0.29, 0.717) is 0 Å². The molecule has 0 saturated heterocycles. The van der Waals surface area contributed by atoms with Crippen molar-refractivity contribution in [3.05, 3.63) is 51.0 Å². The summed E-state index contributed by atoms with van der Waals surface area (Å²) in [6.45, 7) is 5.54. The van der Waals surface area contributed by atoms with Crippen LogP contribution in [0.15, 0.2) is 28.7 Å². The molecule has 106 valence electrons. The first-order chi connectivity index (χ1) is 9.60. The van der Waals surface area contributed by atoms with Gasteiger partial charge in [0.15, 0.2) is 5.84 Å². The Kier molecular flexibility index (Phi) is 4.70. The minimum absolute atomic E-state index is 0.130. The molecule has 5 nitrogen and oxygen atoms in total. The fourth-order valence-corrected chi connectivity index (χ4v) is 2.64. The summed E-state index contributed by atoms with van der Waals surface area (Å²) >= 11 is 1.66. The number of aryl methyl sites for hydroxylation is 2. The predicted molar refractivity (Wildman–Crippen MR) is 81.1 cm³/mol. The highest BCUT2D eigenvalue weighted by molar-refractivity contribution is 7.09. The Labute approximate surface area is 122 Å². The van der Waals surface area contributed by atoms with E-state index in [1.54, 1.807) is 11.3 Å². The molecule has 1 heterocycles. The molecule has 0 unspecified atom stereocenters. The molecule has 1 aromatic heterocycles. The fraction of sp³-hybridized carbons (Fsp3) is 0.286. The number of nitrogens with two attached hydrogens (primary N) is 1. The molecule has 0 fully saturated rings. The number of oxime groups is 1. The molecule has 0 aliphatic heterocycles. The van der Waals surface area contributed by atoms with Gasteiger partial charge in [0.1, 0.15) is 5.01 Å². The van der Waals surface area contributed by atoms with Gasteiger partial charge in [-0.2, -0.15) is 0 Å². The quantitative estimate of drug-likeness (QED) is 0.341. The van der Waals surface area contributed by atoms with Crippen LogP contribution in [0.2, 0.25) is 0 Å². The van der Waals surface area contributed by atoms with Gasteiger partial charge in [-0.1, -0.05) is 17.3 Å². The standard InChI is InChI=1S/C14H18N4OS/c1-9-5-11(14(15)18-19)3-4-12(9)6-16-7-13-17-10(2)8-20-13/h3-5,8,16,19H,6-7H2,1-2H3,(H2,15,18). The summed E-state index contributed by atoms with van der Waals surface area (Å²) in [4.78, 5) is 4.41. The molecule has 0 spiro atoms. The molecule has 0 atom stereocenters. The van der Waals surface area contributed by atoms with E-state index in [0.717, 1.165) is 34.9 Å². The summed E-state index contributed by atoms with van der Waals surface area (Å²) < 4.78 is 0. The third kappa shape index (κ3) is 3.55. The van der Waals surface area contributed by atoms with Crippen molar-refractivity contribution >= 4 is 17.2 Å². The zero-order chi connectivity index (χ0) is 14.5. The van der Waals surface area contributed by atoms with Crippen LogP contribution in [-0.4, -0.2) is 16.0 Å². The topological polar surface area (TPSA) is 83.5 Å². The molecular formula is C14H18N4OS. The highest BCUT2D eigenvalue weighted by atomic mass is 32.1. The highest BCUT2D eigenvalue weighted by Crippen LogP contribution is 2.12. The molecule has 0 radical (unpaired) electrons. The Bertz CT molecular complexity index is 621. The molecule has 0 saturated carbocycles. The van der Waals surface area contributed by atoms with Crippen LogP contribution in [0.25, 0.3) is 0 Å². The molecule has 2 rings (SSSR count). The van der Waals surface area contributed by atoms with Gasteiger partial charge in [0.2, 0.25) is 0 Å². The maximum absolute atomic E-state index is 8.66. The van der Waals surface area contributed by atoms with E-state index in [4.69, 9.17) is 10.9 Å². The average molecular weight is 290 g/mol. The maximum atomic E-state index is 8.66. The van der Waals surface area contributed by atoms with Gasteiger partial charge in [-0.15, -0.1) is 11.3 Å². The zero-order valence-electron chi connectivity index (χ0n) is 11.6. The predicted octanol–water partition coefficient (Wildman–Crippen LogP) is 2.14. The Morgan fingerprint density at radius 2 is 2.20 bits per heavy atom. The first-order valence-electron chi connectivity index (χ1n) is 6.29. The molecule has 4 N–H and O–H groups in total.